The third-order valence-corrected chi connectivity index (χ3v) is 2.75. The van der Waals surface area contributed by atoms with Crippen molar-refractivity contribution in [2.45, 2.75) is 6.92 Å². The number of amides is 1. The van der Waals surface area contributed by atoms with Gasteiger partial charge in [0.2, 0.25) is 0 Å². The predicted molar refractivity (Wildman–Crippen MR) is 57.8 cm³/mol. The number of aromatic nitrogens is 3. The molecule has 15 heavy (non-hydrogen) atoms. The van der Waals surface area contributed by atoms with Crippen LogP contribution in [0.1, 0.15) is 15.4 Å². The Hall–Kier alpha value is -1.89. The van der Waals surface area contributed by atoms with Crippen LogP contribution in [0.4, 0.5) is 10.9 Å². The number of aryl methyl sites for hydroxylation is 1. The third-order valence-electron chi connectivity index (χ3n) is 1.77. The van der Waals surface area contributed by atoms with E-state index < -0.39 is 0 Å². The van der Waals surface area contributed by atoms with Crippen LogP contribution in [0, 0.1) is 6.92 Å². The van der Waals surface area contributed by atoms with Crippen LogP contribution in [0.2, 0.25) is 0 Å². The maximum Gasteiger partial charge on any atom is 0.268 e. The third kappa shape index (κ3) is 1.96. The van der Waals surface area contributed by atoms with Gasteiger partial charge in [0.25, 0.3) is 5.91 Å². The van der Waals surface area contributed by atoms with Gasteiger partial charge in [-0.3, -0.25) is 9.89 Å². The van der Waals surface area contributed by atoms with E-state index in [1.54, 1.807) is 19.2 Å². The lowest BCUT2D eigenvalue weighted by Crippen LogP contribution is -2.11. The number of aromatic amines is 1. The number of nitrogen functional groups attached to an aromatic ring is 1. The second-order valence-corrected chi connectivity index (χ2v) is 3.92. The Kier molecular flexibility index (Phi) is 2.38. The van der Waals surface area contributed by atoms with Crippen LogP contribution in [0.25, 0.3) is 0 Å². The first-order valence-electron chi connectivity index (χ1n) is 4.20. The summed E-state index contributed by atoms with van der Waals surface area (Å²) in [5.74, 6) is 0.317. The molecular weight excluding hydrogens is 214 g/mol. The van der Waals surface area contributed by atoms with Crippen molar-refractivity contribution < 1.29 is 4.79 Å². The average molecular weight is 223 g/mol. The zero-order valence-corrected chi connectivity index (χ0v) is 8.76. The Labute approximate surface area is 89.5 Å². The van der Waals surface area contributed by atoms with Crippen molar-refractivity contribution in [3.8, 4) is 0 Å². The van der Waals surface area contributed by atoms with Crippen LogP contribution in [0.3, 0.4) is 0 Å². The van der Waals surface area contributed by atoms with Crippen molar-refractivity contribution in [3.05, 3.63) is 22.8 Å². The molecule has 0 aliphatic heterocycles. The van der Waals surface area contributed by atoms with Gasteiger partial charge in [-0.05, 0) is 6.92 Å². The second-order valence-electron chi connectivity index (χ2n) is 2.89. The Morgan fingerprint density at radius 1 is 1.67 bits per heavy atom. The highest BCUT2D eigenvalue weighted by Crippen LogP contribution is 2.20. The molecule has 78 valence electrons. The van der Waals surface area contributed by atoms with Gasteiger partial charge >= 0.3 is 0 Å². The molecule has 0 aromatic carbocycles. The van der Waals surface area contributed by atoms with Crippen LogP contribution in [-0.4, -0.2) is 21.1 Å². The molecule has 0 fully saturated rings. The van der Waals surface area contributed by atoms with Crippen molar-refractivity contribution in [1.82, 2.24) is 15.2 Å². The predicted octanol–water partition coefficient (Wildman–Crippen LogP) is 1.01. The van der Waals surface area contributed by atoms with E-state index in [1.165, 1.54) is 0 Å². The Bertz CT molecular complexity index is 475. The van der Waals surface area contributed by atoms with E-state index in [2.05, 4.69) is 20.5 Å². The number of H-pyrrole nitrogens is 1. The largest absolute Gasteiger partial charge is 0.375 e. The van der Waals surface area contributed by atoms with E-state index in [0.29, 0.717) is 21.5 Å². The van der Waals surface area contributed by atoms with Gasteiger partial charge in [0.15, 0.2) is 5.13 Å². The van der Waals surface area contributed by atoms with Crippen LogP contribution in [0.5, 0.6) is 0 Å². The summed E-state index contributed by atoms with van der Waals surface area (Å²) in [5, 5.41) is 9.40. The quantitative estimate of drug-likeness (QED) is 0.707. The van der Waals surface area contributed by atoms with Crippen molar-refractivity contribution in [2.75, 3.05) is 11.1 Å². The molecule has 2 heterocycles. The minimum absolute atomic E-state index is 0.231. The first-order chi connectivity index (χ1) is 7.16. The fourth-order valence-corrected chi connectivity index (χ4v) is 1.86. The summed E-state index contributed by atoms with van der Waals surface area (Å²) in [6, 6.07) is 1.66. The van der Waals surface area contributed by atoms with Gasteiger partial charge in [-0.25, -0.2) is 4.98 Å². The van der Waals surface area contributed by atoms with Gasteiger partial charge < -0.3 is 11.1 Å². The van der Waals surface area contributed by atoms with E-state index in [9.17, 15) is 4.79 Å². The van der Waals surface area contributed by atoms with Gasteiger partial charge in [-0.2, -0.15) is 5.10 Å². The monoisotopic (exact) mass is 223 g/mol. The fourth-order valence-electron chi connectivity index (χ4n) is 1.13. The zero-order chi connectivity index (χ0) is 10.8. The molecule has 1 amide bonds. The molecule has 4 N–H and O–H groups in total. The number of nitrogens with one attached hydrogen (secondary N) is 2. The van der Waals surface area contributed by atoms with Crippen LogP contribution in [-0.2, 0) is 0 Å². The van der Waals surface area contributed by atoms with Gasteiger partial charge in [0.05, 0.1) is 11.9 Å². The molecule has 0 unspecified atom stereocenters. The lowest BCUT2D eigenvalue weighted by atomic mass is 10.4. The number of thiazole rings is 1. The van der Waals surface area contributed by atoms with Crippen LogP contribution >= 0.6 is 11.3 Å². The van der Waals surface area contributed by atoms with Gasteiger partial charge in [-0.15, -0.1) is 0 Å². The van der Waals surface area contributed by atoms with Crippen LogP contribution < -0.4 is 11.1 Å². The number of rotatable bonds is 2. The lowest BCUT2D eigenvalue weighted by molar-refractivity contribution is 0.102. The number of hydrogen-bond acceptors (Lipinski definition) is 5. The topological polar surface area (TPSA) is 96.7 Å². The fraction of sp³-hybridized carbons (Fsp3) is 0.125. The zero-order valence-electron chi connectivity index (χ0n) is 7.94. The van der Waals surface area contributed by atoms with Crippen molar-refractivity contribution in [1.29, 1.82) is 0 Å². The Balaban J connectivity index is 2.18. The van der Waals surface area contributed by atoms with Crippen molar-refractivity contribution in [2.24, 2.45) is 0 Å². The average Bonchev–Trinajstić information content (AvgIpc) is 2.75. The molecule has 0 saturated heterocycles. The van der Waals surface area contributed by atoms with Gasteiger partial charge in [-0.1, -0.05) is 11.3 Å². The molecule has 0 spiro atoms. The molecule has 7 heteroatoms. The highest BCUT2D eigenvalue weighted by Gasteiger charge is 2.14. The van der Waals surface area contributed by atoms with E-state index in [0.717, 1.165) is 11.3 Å². The normalized spacial score (nSPS) is 10.2. The summed E-state index contributed by atoms with van der Waals surface area (Å²) in [4.78, 5) is 16.2. The number of hydrogen-bond donors (Lipinski definition) is 3. The molecule has 0 radical (unpaired) electrons. The highest BCUT2D eigenvalue weighted by molar-refractivity contribution is 7.17. The summed E-state index contributed by atoms with van der Waals surface area (Å²) in [6.07, 6.45) is 1.56. The van der Waals surface area contributed by atoms with Crippen molar-refractivity contribution in [3.63, 3.8) is 0 Å². The summed E-state index contributed by atoms with van der Waals surface area (Å²) in [6.45, 7) is 1.74. The molecule has 0 bridgehead atoms. The number of anilines is 2. The van der Waals surface area contributed by atoms with Crippen LogP contribution in [0.15, 0.2) is 12.3 Å². The van der Waals surface area contributed by atoms with Gasteiger partial charge in [0, 0.05) is 6.07 Å². The molecular formula is C8H9N5OS. The maximum absolute atomic E-state index is 11.7. The summed E-state index contributed by atoms with van der Waals surface area (Å²) >= 11 is 1.16. The van der Waals surface area contributed by atoms with E-state index in [1.807, 2.05) is 0 Å². The smallest absolute Gasteiger partial charge is 0.268 e. The lowest BCUT2D eigenvalue weighted by Gasteiger charge is -1.99. The van der Waals surface area contributed by atoms with E-state index in [-0.39, 0.29) is 5.91 Å². The first kappa shape index (κ1) is 9.66. The summed E-state index contributed by atoms with van der Waals surface area (Å²) in [7, 11) is 0. The Morgan fingerprint density at radius 3 is 3.00 bits per heavy atom. The number of carbonyl (C=O) groups excluding carboxylic acids is 1. The highest BCUT2D eigenvalue weighted by atomic mass is 32.1. The van der Waals surface area contributed by atoms with E-state index in [4.69, 9.17) is 5.73 Å². The van der Waals surface area contributed by atoms with Crippen molar-refractivity contribution >= 4 is 28.2 Å². The molecule has 2 aromatic heterocycles. The van der Waals surface area contributed by atoms with Gasteiger partial charge in [0.1, 0.15) is 10.7 Å². The minimum atomic E-state index is -0.231. The maximum atomic E-state index is 11.7. The minimum Gasteiger partial charge on any atom is -0.375 e. The molecule has 0 aliphatic rings. The number of carbonyl (C=O) groups is 1. The molecule has 0 saturated carbocycles. The summed E-state index contributed by atoms with van der Waals surface area (Å²) in [5.41, 5.74) is 6.13. The van der Waals surface area contributed by atoms with E-state index >= 15 is 0 Å². The molecule has 6 nitrogen and oxygen atoms in total. The standard InChI is InChI=1S/C8H9N5OS/c1-4-6(15-8(9)11-4)7(14)12-5-2-3-10-13-5/h2-3H,1H3,(H2,9,11)(H2,10,12,13,14). The second kappa shape index (κ2) is 3.70. The molecule has 2 rings (SSSR count). The molecule has 0 aliphatic carbocycles. The Morgan fingerprint density at radius 2 is 2.47 bits per heavy atom. The number of nitrogens with two attached hydrogens (primary N) is 1. The molecule has 0 atom stereocenters. The number of nitrogens with zero attached hydrogens (tertiary/aromatic N) is 2. The first-order valence-corrected chi connectivity index (χ1v) is 5.02. The summed E-state index contributed by atoms with van der Waals surface area (Å²) < 4.78 is 0. The molecule has 2 aromatic rings. The SMILES string of the molecule is Cc1nc(N)sc1C(=O)Nc1ccn[nH]1.